The Morgan fingerprint density at radius 3 is 2.71 bits per heavy atom. The lowest BCUT2D eigenvalue weighted by atomic mass is 10.1. The van der Waals surface area contributed by atoms with Gasteiger partial charge in [0.2, 0.25) is 0 Å². The molecule has 0 N–H and O–H groups in total. The molecule has 0 saturated carbocycles. The van der Waals surface area contributed by atoms with Gasteiger partial charge >= 0.3 is 0 Å². The number of carbonyl (C=O) groups is 1. The average molecular weight is 302 g/mol. The molecule has 0 spiro atoms. The summed E-state index contributed by atoms with van der Waals surface area (Å²) in [6, 6.07) is 14.9. The Morgan fingerprint density at radius 1 is 1.14 bits per heavy atom. The molecule has 21 heavy (non-hydrogen) atoms. The van der Waals surface area contributed by atoms with E-state index in [0.717, 1.165) is 24.4 Å². The maximum absolute atomic E-state index is 12.4. The van der Waals surface area contributed by atoms with E-state index in [1.165, 1.54) is 0 Å². The SMILES string of the molecule is O=C(CN1CCCOc2ccccc21)c1ccc(Cl)cc1. The van der Waals surface area contributed by atoms with Crippen molar-refractivity contribution in [2.75, 3.05) is 24.6 Å². The predicted molar refractivity (Wildman–Crippen MR) is 84.5 cm³/mol. The summed E-state index contributed by atoms with van der Waals surface area (Å²) in [5.74, 6) is 0.933. The van der Waals surface area contributed by atoms with Crippen molar-refractivity contribution in [3.63, 3.8) is 0 Å². The van der Waals surface area contributed by atoms with Crippen molar-refractivity contribution in [1.82, 2.24) is 0 Å². The zero-order chi connectivity index (χ0) is 14.7. The number of benzene rings is 2. The number of ether oxygens (including phenoxy) is 1. The highest BCUT2D eigenvalue weighted by Crippen LogP contribution is 2.30. The number of Topliss-reactive ketones (excluding diaryl/α,β-unsaturated/α-hetero) is 1. The Balaban J connectivity index is 1.81. The van der Waals surface area contributed by atoms with Gasteiger partial charge in [-0.3, -0.25) is 4.79 Å². The maximum atomic E-state index is 12.4. The van der Waals surface area contributed by atoms with E-state index in [-0.39, 0.29) is 5.78 Å². The summed E-state index contributed by atoms with van der Waals surface area (Å²) >= 11 is 5.86. The van der Waals surface area contributed by atoms with E-state index in [1.807, 2.05) is 24.3 Å². The number of ketones is 1. The van der Waals surface area contributed by atoms with Crippen LogP contribution in [0.15, 0.2) is 48.5 Å². The number of fused-ring (bicyclic) bond motifs is 1. The molecule has 0 saturated heterocycles. The van der Waals surface area contributed by atoms with Gasteiger partial charge in [0.25, 0.3) is 0 Å². The van der Waals surface area contributed by atoms with Gasteiger partial charge in [-0.1, -0.05) is 23.7 Å². The van der Waals surface area contributed by atoms with E-state index in [2.05, 4.69) is 4.90 Å². The molecule has 0 unspecified atom stereocenters. The smallest absolute Gasteiger partial charge is 0.182 e. The summed E-state index contributed by atoms with van der Waals surface area (Å²) < 4.78 is 5.71. The van der Waals surface area contributed by atoms with Crippen LogP contribution in [0, 0.1) is 0 Å². The number of para-hydroxylation sites is 2. The summed E-state index contributed by atoms with van der Waals surface area (Å²) in [7, 11) is 0. The summed E-state index contributed by atoms with van der Waals surface area (Å²) in [6.45, 7) is 1.85. The second-order valence-electron chi connectivity index (χ2n) is 5.02. The third-order valence-electron chi connectivity index (χ3n) is 3.54. The van der Waals surface area contributed by atoms with Gasteiger partial charge in [0.15, 0.2) is 5.78 Å². The molecule has 0 bridgehead atoms. The third kappa shape index (κ3) is 3.19. The van der Waals surface area contributed by atoms with E-state index < -0.39 is 0 Å². The Labute approximate surface area is 129 Å². The molecule has 1 heterocycles. The number of hydrogen-bond donors (Lipinski definition) is 0. The van der Waals surface area contributed by atoms with E-state index in [4.69, 9.17) is 16.3 Å². The average Bonchev–Trinajstić information content (AvgIpc) is 2.71. The van der Waals surface area contributed by atoms with E-state index in [0.29, 0.717) is 23.7 Å². The second kappa shape index (κ2) is 6.19. The molecule has 0 aliphatic carbocycles. The fourth-order valence-electron chi connectivity index (χ4n) is 2.46. The number of hydrogen-bond acceptors (Lipinski definition) is 3. The standard InChI is InChI=1S/C17H16ClNO2/c18-14-8-6-13(7-9-14)16(20)12-19-10-3-11-21-17-5-2-1-4-15(17)19/h1-2,4-9H,3,10-12H2. The monoisotopic (exact) mass is 301 g/mol. The minimum atomic E-state index is 0.0865. The first-order valence-electron chi connectivity index (χ1n) is 6.99. The van der Waals surface area contributed by atoms with Crippen molar-refractivity contribution in [2.24, 2.45) is 0 Å². The van der Waals surface area contributed by atoms with Gasteiger partial charge in [-0.2, -0.15) is 0 Å². The van der Waals surface area contributed by atoms with Crippen molar-refractivity contribution in [1.29, 1.82) is 0 Å². The van der Waals surface area contributed by atoms with Crippen molar-refractivity contribution >= 4 is 23.1 Å². The molecule has 3 rings (SSSR count). The molecule has 1 aliphatic heterocycles. The number of halogens is 1. The fourth-order valence-corrected chi connectivity index (χ4v) is 2.59. The van der Waals surface area contributed by atoms with Crippen molar-refractivity contribution in [3.8, 4) is 5.75 Å². The maximum Gasteiger partial charge on any atom is 0.182 e. The molecule has 108 valence electrons. The molecular weight excluding hydrogens is 286 g/mol. The highest BCUT2D eigenvalue weighted by molar-refractivity contribution is 6.30. The molecule has 0 amide bonds. The topological polar surface area (TPSA) is 29.5 Å². The molecular formula is C17H16ClNO2. The largest absolute Gasteiger partial charge is 0.491 e. The van der Waals surface area contributed by atoms with Gasteiger partial charge in [-0.25, -0.2) is 0 Å². The van der Waals surface area contributed by atoms with Crippen LogP contribution in [0.2, 0.25) is 5.02 Å². The van der Waals surface area contributed by atoms with Gasteiger partial charge in [0.1, 0.15) is 5.75 Å². The Morgan fingerprint density at radius 2 is 1.90 bits per heavy atom. The highest BCUT2D eigenvalue weighted by Gasteiger charge is 2.19. The summed E-state index contributed by atoms with van der Waals surface area (Å²) in [6.07, 6.45) is 0.905. The molecule has 4 heteroatoms. The molecule has 2 aromatic carbocycles. The first-order valence-corrected chi connectivity index (χ1v) is 7.37. The minimum absolute atomic E-state index is 0.0865. The number of anilines is 1. The molecule has 1 aliphatic rings. The molecule has 0 radical (unpaired) electrons. The van der Waals surface area contributed by atoms with Crippen molar-refractivity contribution in [2.45, 2.75) is 6.42 Å². The fraction of sp³-hybridized carbons (Fsp3) is 0.235. The van der Waals surface area contributed by atoms with Crippen LogP contribution in [0.3, 0.4) is 0 Å². The van der Waals surface area contributed by atoms with Crippen LogP contribution in [0.5, 0.6) is 5.75 Å². The summed E-state index contributed by atoms with van der Waals surface area (Å²) in [5.41, 5.74) is 1.67. The van der Waals surface area contributed by atoms with E-state index in [9.17, 15) is 4.79 Å². The number of carbonyl (C=O) groups excluding carboxylic acids is 1. The number of nitrogens with zero attached hydrogens (tertiary/aromatic N) is 1. The van der Waals surface area contributed by atoms with Gasteiger partial charge in [0.05, 0.1) is 18.8 Å². The van der Waals surface area contributed by atoms with Crippen LogP contribution in [0.1, 0.15) is 16.8 Å². The zero-order valence-electron chi connectivity index (χ0n) is 11.6. The van der Waals surface area contributed by atoms with Gasteiger partial charge < -0.3 is 9.64 Å². The lowest BCUT2D eigenvalue weighted by Gasteiger charge is -2.22. The molecule has 0 fully saturated rings. The summed E-state index contributed by atoms with van der Waals surface area (Å²) in [5, 5.41) is 0.639. The lowest BCUT2D eigenvalue weighted by Crippen LogP contribution is -2.30. The first kappa shape index (κ1) is 14.0. The van der Waals surface area contributed by atoms with Crippen molar-refractivity contribution < 1.29 is 9.53 Å². The Bertz CT molecular complexity index is 639. The van der Waals surface area contributed by atoms with E-state index in [1.54, 1.807) is 24.3 Å². The third-order valence-corrected chi connectivity index (χ3v) is 3.79. The molecule has 0 aromatic heterocycles. The van der Waals surface area contributed by atoms with Crippen LogP contribution >= 0.6 is 11.6 Å². The van der Waals surface area contributed by atoms with Crippen molar-refractivity contribution in [3.05, 3.63) is 59.1 Å². The van der Waals surface area contributed by atoms with Crippen LogP contribution in [0.25, 0.3) is 0 Å². The summed E-state index contributed by atoms with van der Waals surface area (Å²) in [4.78, 5) is 14.5. The Kier molecular flexibility index (Phi) is 4.11. The quantitative estimate of drug-likeness (QED) is 0.807. The Hall–Kier alpha value is -2.00. The van der Waals surface area contributed by atoms with E-state index >= 15 is 0 Å². The van der Waals surface area contributed by atoms with Gasteiger partial charge in [-0.05, 0) is 42.8 Å². The van der Waals surface area contributed by atoms with Gasteiger partial charge in [-0.15, -0.1) is 0 Å². The zero-order valence-corrected chi connectivity index (χ0v) is 12.3. The highest BCUT2D eigenvalue weighted by atomic mass is 35.5. The van der Waals surface area contributed by atoms with Gasteiger partial charge in [0, 0.05) is 17.1 Å². The van der Waals surface area contributed by atoms with Crippen LogP contribution in [-0.2, 0) is 0 Å². The second-order valence-corrected chi connectivity index (χ2v) is 5.46. The molecule has 2 aromatic rings. The normalized spacial score (nSPS) is 14.0. The van der Waals surface area contributed by atoms with Crippen LogP contribution < -0.4 is 9.64 Å². The molecule has 0 atom stereocenters. The van der Waals surface area contributed by atoms with Crippen LogP contribution in [0.4, 0.5) is 5.69 Å². The molecule has 3 nitrogen and oxygen atoms in total. The first-order chi connectivity index (χ1) is 10.2. The van der Waals surface area contributed by atoms with Crippen LogP contribution in [-0.4, -0.2) is 25.5 Å². The number of rotatable bonds is 3. The minimum Gasteiger partial charge on any atom is -0.491 e. The lowest BCUT2D eigenvalue weighted by molar-refractivity contribution is 0.0999. The predicted octanol–water partition coefficient (Wildman–Crippen LogP) is 3.81.